The molecule has 27 heavy (non-hydrogen) atoms. The van der Waals surface area contributed by atoms with Gasteiger partial charge < -0.3 is 21.1 Å². The Morgan fingerprint density at radius 2 is 2.11 bits per heavy atom. The van der Waals surface area contributed by atoms with Crippen molar-refractivity contribution in [3.63, 3.8) is 0 Å². The van der Waals surface area contributed by atoms with E-state index in [1.54, 1.807) is 24.3 Å². The third-order valence-corrected chi connectivity index (χ3v) is 3.30. The van der Waals surface area contributed by atoms with Gasteiger partial charge in [-0.3, -0.25) is 0 Å². The zero-order chi connectivity index (χ0) is 20.2. The molecule has 1 aromatic rings. The van der Waals surface area contributed by atoms with Crippen LogP contribution in [0.5, 0.6) is 0 Å². The van der Waals surface area contributed by atoms with E-state index in [1.165, 1.54) is 7.11 Å². The normalized spacial score (nSPS) is 12.6. The predicted octanol–water partition coefficient (Wildman–Crippen LogP) is 1.31. The molecule has 0 spiro atoms. The SMILES string of the molecule is CCCC(CC(N)=N[N+](=O)[O-])=NNCc1ccccc1/C(=N\OC)C(=O)O. The fourth-order valence-corrected chi connectivity index (χ4v) is 2.26. The highest BCUT2D eigenvalue weighted by Gasteiger charge is 2.17. The van der Waals surface area contributed by atoms with E-state index in [9.17, 15) is 20.0 Å². The van der Waals surface area contributed by atoms with Crippen LogP contribution in [0.25, 0.3) is 0 Å². The number of benzene rings is 1. The number of oxime groups is 1. The molecule has 0 aromatic heterocycles. The molecule has 0 fully saturated rings. The smallest absolute Gasteiger partial charge is 0.358 e. The molecule has 0 amide bonds. The number of nitrogens with zero attached hydrogens (tertiary/aromatic N) is 4. The van der Waals surface area contributed by atoms with E-state index in [4.69, 9.17) is 5.73 Å². The number of hydrogen-bond acceptors (Lipinski definition) is 7. The number of carbonyl (C=O) groups is 1. The van der Waals surface area contributed by atoms with Crippen LogP contribution in [0.3, 0.4) is 0 Å². The molecule has 0 unspecified atom stereocenters. The van der Waals surface area contributed by atoms with Gasteiger partial charge in [-0.2, -0.15) is 5.10 Å². The molecule has 0 aliphatic rings. The summed E-state index contributed by atoms with van der Waals surface area (Å²) in [4.78, 5) is 26.4. The van der Waals surface area contributed by atoms with E-state index < -0.39 is 11.0 Å². The van der Waals surface area contributed by atoms with Crippen LogP contribution >= 0.6 is 0 Å². The summed E-state index contributed by atoms with van der Waals surface area (Å²) in [5, 5.41) is 29.6. The molecule has 0 aliphatic heterocycles. The second-order valence-electron chi connectivity index (χ2n) is 5.35. The molecular weight excluding hydrogens is 356 g/mol. The summed E-state index contributed by atoms with van der Waals surface area (Å²) in [5.41, 5.74) is 9.77. The van der Waals surface area contributed by atoms with Crippen molar-refractivity contribution < 1.29 is 19.8 Å². The number of nitrogens with one attached hydrogen (secondary N) is 1. The number of hydrogen-bond donors (Lipinski definition) is 3. The second-order valence-corrected chi connectivity index (χ2v) is 5.35. The van der Waals surface area contributed by atoms with Gasteiger partial charge in [0.05, 0.1) is 18.1 Å². The molecule has 0 heterocycles. The van der Waals surface area contributed by atoms with Crippen LogP contribution in [0.1, 0.15) is 37.3 Å². The molecule has 4 N–H and O–H groups in total. The third-order valence-electron chi connectivity index (χ3n) is 3.30. The van der Waals surface area contributed by atoms with Gasteiger partial charge in [-0.05, 0) is 12.0 Å². The first-order chi connectivity index (χ1) is 12.9. The van der Waals surface area contributed by atoms with Crippen molar-refractivity contribution in [3.8, 4) is 0 Å². The van der Waals surface area contributed by atoms with Crippen LogP contribution in [-0.4, -0.2) is 40.5 Å². The maximum atomic E-state index is 11.4. The topological polar surface area (TPSA) is 165 Å². The minimum Gasteiger partial charge on any atom is -0.476 e. The first-order valence-corrected chi connectivity index (χ1v) is 8.07. The zero-order valence-corrected chi connectivity index (χ0v) is 15.1. The van der Waals surface area contributed by atoms with Gasteiger partial charge in [-0.15, -0.1) is 0 Å². The van der Waals surface area contributed by atoms with Gasteiger partial charge in [-0.25, -0.2) is 14.9 Å². The highest BCUT2D eigenvalue weighted by atomic mass is 16.7. The molecule has 0 saturated carbocycles. The molecule has 1 aromatic carbocycles. The Morgan fingerprint density at radius 3 is 2.70 bits per heavy atom. The molecule has 11 nitrogen and oxygen atoms in total. The highest BCUT2D eigenvalue weighted by Crippen LogP contribution is 2.11. The summed E-state index contributed by atoms with van der Waals surface area (Å²) in [6, 6.07) is 6.79. The van der Waals surface area contributed by atoms with Crippen LogP contribution in [-0.2, 0) is 16.2 Å². The van der Waals surface area contributed by atoms with Crippen LogP contribution in [0.2, 0.25) is 0 Å². The predicted molar refractivity (Wildman–Crippen MR) is 100 cm³/mol. The third kappa shape index (κ3) is 7.50. The second kappa shape index (κ2) is 11.2. The number of rotatable bonds is 11. The van der Waals surface area contributed by atoms with Gasteiger partial charge >= 0.3 is 5.97 Å². The molecular formula is C16H22N6O5. The van der Waals surface area contributed by atoms with E-state index in [0.717, 1.165) is 6.42 Å². The Labute approximate surface area is 155 Å². The van der Waals surface area contributed by atoms with Gasteiger partial charge in [0.25, 0.3) is 0 Å². The van der Waals surface area contributed by atoms with Gasteiger partial charge in [-0.1, -0.05) is 42.8 Å². The lowest BCUT2D eigenvalue weighted by Gasteiger charge is -2.10. The van der Waals surface area contributed by atoms with Gasteiger partial charge in [0.1, 0.15) is 7.11 Å². The Kier molecular flexibility index (Phi) is 8.92. The van der Waals surface area contributed by atoms with Gasteiger partial charge in [0.15, 0.2) is 16.6 Å². The largest absolute Gasteiger partial charge is 0.476 e. The van der Waals surface area contributed by atoms with Crippen LogP contribution in [0.15, 0.2) is 39.6 Å². The molecule has 11 heteroatoms. The fourth-order valence-electron chi connectivity index (χ4n) is 2.26. The van der Waals surface area contributed by atoms with Gasteiger partial charge in [0, 0.05) is 11.3 Å². The average Bonchev–Trinajstić information content (AvgIpc) is 2.59. The monoisotopic (exact) mass is 378 g/mol. The number of aliphatic carboxylic acids is 1. The van der Waals surface area contributed by atoms with E-state index in [1.807, 2.05) is 6.92 Å². The molecule has 0 aliphatic carbocycles. The Bertz CT molecular complexity index is 759. The number of amidine groups is 1. The Hall–Kier alpha value is -3.50. The number of carboxylic acids is 1. The van der Waals surface area contributed by atoms with E-state index in [-0.39, 0.29) is 24.5 Å². The number of nitro groups is 1. The van der Waals surface area contributed by atoms with Crippen LogP contribution in [0.4, 0.5) is 0 Å². The molecule has 1 rings (SSSR count). The Balaban J connectivity index is 2.95. The first-order valence-electron chi connectivity index (χ1n) is 8.07. The number of hydrazone groups is 2. The lowest BCUT2D eigenvalue weighted by Crippen LogP contribution is -2.22. The van der Waals surface area contributed by atoms with E-state index in [2.05, 4.69) is 25.6 Å². The summed E-state index contributed by atoms with van der Waals surface area (Å²) in [7, 11) is 1.27. The molecule has 146 valence electrons. The average molecular weight is 378 g/mol. The summed E-state index contributed by atoms with van der Waals surface area (Å²) in [6.45, 7) is 2.15. The fraction of sp³-hybridized carbons (Fsp3) is 0.375. The van der Waals surface area contributed by atoms with Crippen molar-refractivity contribution in [2.24, 2.45) is 21.1 Å². The summed E-state index contributed by atoms with van der Waals surface area (Å²) >= 11 is 0. The number of nitrogens with two attached hydrogens (primary N) is 1. The minimum atomic E-state index is -1.22. The van der Waals surface area contributed by atoms with Crippen LogP contribution in [0, 0.1) is 10.1 Å². The zero-order valence-electron chi connectivity index (χ0n) is 15.1. The van der Waals surface area contributed by atoms with Gasteiger partial charge in [0.2, 0.25) is 0 Å². The maximum Gasteiger partial charge on any atom is 0.358 e. The molecule has 0 atom stereocenters. The first kappa shape index (κ1) is 21.5. The standard InChI is InChI=1S/C16H22N6O5/c1-3-6-12(9-14(17)20-22(25)26)19-18-10-11-7-4-5-8-13(11)15(16(23)24)21-27-2/h4-5,7-8,18H,3,6,9-10H2,1-2H3,(H2,17,20)(H,23,24)/b19-12?,21-15+. The highest BCUT2D eigenvalue weighted by molar-refractivity contribution is 6.42. The number of carboxylic acid groups (broad SMARTS) is 1. The lowest BCUT2D eigenvalue weighted by atomic mass is 10.0. The Morgan fingerprint density at radius 1 is 1.41 bits per heavy atom. The quantitative estimate of drug-likeness (QED) is 0.226. The molecule has 0 bridgehead atoms. The van der Waals surface area contributed by atoms with Crippen molar-refractivity contribution in [3.05, 3.63) is 45.5 Å². The van der Waals surface area contributed by atoms with Crippen molar-refractivity contribution in [1.82, 2.24) is 5.43 Å². The molecule has 0 saturated heterocycles. The minimum absolute atomic E-state index is 0.0645. The summed E-state index contributed by atoms with van der Waals surface area (Å²) in [5.74, 6) is -1.36. The maximum absolute atomic E-state index is 11.4. The van der Waals surface area contributed by atoms with E-state index in [0.29, 0.717) is 23.3 Å². The van der Waals surface area contributed by atoms with Crippen molar-refractivity contribution in [1.29, 1.82) is 0 Å². The van der Waals surface area contributed by atoms with E-state index >= 15 is 0 Å². The van der Waals surface area contributed by atoms with Crippen molar-refractivity contribution >= 4 is 23.2 Å². The lowest BCUT2D eigenvalue weighted by molar-refractivity contribution is -0.485. The van der Waals surface area contributed by atoms with Crippen LogP contribution < -0.4 is 11.2 Å². The van der Waals surface area contributed by atoms with Crippen molar-refractivity contribution in [2.45, 2.75) is 32.7 Å². The van der Waals surface area contributed by atoms with Crippen molar-refractivity contribution in [2.75, 3.05) is 7.11 Å². The molecule has 0 radical (unpaired) electrons. The summed E-state index contributed by atoms with van der Waals surface area (Å²) < 4.78 is 0. The summed E-state index contributed by atoms with van der Waals surface area (Å²) in [6.07, 6.45) is 1.41.